The molecule has 0 radical (unpaired) electrons. The van der Waals surface area contributed by atoms with Crippen molar-refractivity contribution in [2.75, 3.05) is 20.2 Å². The summed E-state index contributed by atoms with van der Waals surface area (Å²) < 4.78 is 12.9. The Labute approximate surface area is 214 Å². The van der Waals surface area contributed by atoms with Gasteiger partial charge in [-0.25, -0.2) is 0 Å². The Hall–Kier alpha value is -2.08. The van der Waals surface area contributed by atoms with Gasteiger partial charge in [-0.2, -0.15) is 0 Å². The zero-order valence-electron chi connectivity index (χ0n) is 21.3. The minimum absolute atomic E-state index is 0.00157. The van der Waals surface area contributed by atoms with E-state index in [0.717, 1.165) is 62.7 Å². The molecule has 36 heavy (non-hydrogen) atoms. The predicted molar refractivity (Wildman–Crippen MR) is 138 cm³/mol. The molecule has 0 amide bonds. The van der Waals surface area contributed by atoms with E-state index in [4.69, 9.17) is 9.47 Å². The number of fused-ring (bicyclic) bond motifs is 1. The van der Waals surface area contributed by atoms with E-state index in [2.05, 4.69) is 52.7 Å². The van der Waals surface area contributed by atoms with Crippen molar-refractivity contribution in [1.29, 1.82) is 0 Å². The van der Waals surface area contributed by atoms with Gasteiger partial charge in [-0.1, -0.05) is 36.4 Å². The van der Waals surface area contributed by atoms with Crippen molar-refractivity contribution < 1.29 is 14.6 Å². The van der Waals surface area contributed by atoms with Crippen LogP contribution in [0.25, 0.3) is 0 Å². The third-order valence-electron chi connectivity index (χ3n) is 11.2. The summed E-state index contributed by atoms with van der Waals surface area (Å²) in [6.45, 7) is 3.10. The number of aliphatic hydroxyl groups is 1. The summed E-state index contributed by atoms with van der Waals surface area (Å²) in [6.07, 6.45) is 8.88. The molecular formula is C31H38N2O3. The fourth-order valence-corrected chi connectivity index (χ4v) is 9.21. The number of hydrogen-bond donors (Lipinski definition) is 2. The van der Waals surface area contributed by atoms with Crippen molar-refractivity contribution >= 4 is 0 Å². The number of hydrogen-bond acceptors (Lipinski definition) is 5. The second kappa shape index (κ2) is 7.49. The van der Waals surface area contributed by atoms with Gasteiger partial charge in [-0.05, 0) is 81.0 Å². The van der Waals surface area contributed by atoms with Crippen LogP contribution in [-0.4, -0.2) is 54.0 Å². The first-order chi connectivity index (χ1) is 17.6. The van der Waals surface area contributed by atoms with Crippen LogP contribution >= 0.6 is 0 Å². The lowest BCUT2D eigenvalue weighted by Gasteiger charge is -2.69. The lowest BCUT2D eigenvalue weighted by atomic mass is 9.40. The van der Waals surface area contributed by atoms with E-state index < -0.39 is 5.60 Å². The van der Waals surface area contributed by atoms with E-state index in [-0.39, 0.29) is 23.0 Å². The summed E-state index contributed by atoms with van der Waals surface area (Å²) in [5, 5.41) is 16.8. The van der Waals surface area contributed by atoms with Crippen LogP contribution in [0, 0.1) is 11.3 Å². The number of methoxy groups -OCH3 is 1. The highest BCUT2D eigenvalue weighted by molar-refractivity contribution is 5.63. The molecule has 5 nitrogen and oxygen atoms in total. The van der Waals surface area contributed by atoms with Crippen LogP contribution in [0.1, 0.15) is 61.6 Å². The lowest BCUT2D eigenvalue weighted by molar-refractivity contribution is -0.236. The number of likely N-dealkylation sites (tertiary alicyclic amines) is 1. The van der Waals surface area contributed by atoms with Crippen LogP contribution in [0.2, 0.25) is 0 Å². The zero-order valence-corrected chi connectivity index (χ0v) is 21.3. The van der Waals surface area contributed by atoms with Crippen molar-refractivity contribution in [1.82, 2.24) is 10.2 Å². The van der Waals surface area contributed by atoms with Crippen molar-refractivity contribution in [2.24, 2.45) is 11.3 Å². The Morgan fingerprint density at radius 2 is 1.92 bits per heavy atom. The lowest BCUT2D eigenvalue weighted by Crippen LogP contribution is -2.80. The summed E-state index contributed by atoms with van der Waals surface area (Å²) in [7, 11) is 1.75. The molecule has 2 N–H and O–H groups in total. The molecule has 2 aromatic rings. The van der Waals surface area contributed by atoms with Crippen molar-refractivity contribution in [2.45, 2.75) is 87.1 Å². The van der Waals surface area contributed by atoms with Gasteiger partial charge in [0.15, 0.2) is 11.5 Å². The van der Waals surface area contributed by atoms with Gasteiger partial charge in [0, 0.05) is 36.2 Å². The summed E-state index contributed by atoms with van der Waals surface area (Å²) >= 11 is 0. The van der Waals surface area contributed by atoms with Crippen molar-refractivity contribution in [3.8, 4) is 11.5 Å². The second-order valence-electron chi connectivity index (χ2n) is 12.6. The molecule has 6 aliphatic rings. The largest absolute Gasteiger partial charge is 0.493 e. The molecule has 2 spiro atoms. The number of rotatable bonds is 6. The Kier molecular flexibility index (Phi) is 4.57. The fraction of sp³-hybridized carbons (Fsp3) is 0.613. The second-order valence-corrected chi connectivity index (χ2v) is 12.6. The fourth-order valence-electron chi connectivity index (χ4n) is 9.21. The minimum atomic E-state index is -0.736. The summed E-state index contributed by atoms with van der Waals surface area (Å²) in [5.74, 6) is 2.60. The number of ether oxygens (including phenoxy) is 2. The molecule has 2 aliphatic heterocycles. The molecule has 6 atom stereocenters. The highest BCUT2D eigenvalue weighted by Crippen LogP contribution is 2.71. The average molecular weight is 487 g/mol. The van der Waals surface area contributed by atoms with Gasteiger partial charge in [0.05, 0.1) is 18.1 Å². The van der Waals surface area contributed by atoms with Gasteiger partial charge in [0.1, 0.15) is 6.10 Å². The summed E-state index contributed by atoms with van der Waals surface area (Å²) in [5.41, 5.74) is 3.00. The third kappa shape index (κ3) is 2.67. The third-order valence-corrected chi connectivity index (χ3v) is 11.2. The van der Waals surface area contributed by atoms with Gasteiger partial charge >= 0.3 is 0 Å². The molecule has 190 valence electrons. The first-order valence-corrected chi connectivity index (χ1v) is 14.2. The van der Waals surface area contributed by atoms with Gasteiger partial charge in [0.25, 0.3) is 0 Å². The highest BCUT2D eigenvalue weighted by Gasteiger charge is 2.77. The van der Waals surface area contributed by atoms with Crippen LogP contribution in [0.5, 0.6) is 11.5 Å². The van der Waals surface area contributed by atoms with Gasteiger partial charge in [-0.3, -0.25) is 4.90 Å². The Bertz CT molecular complexity index is 1200. The maximum absolute atomic E-state index is 12.8. The Balaban J connectivity index is 1.21. The first kappa shape index (κ1) is 22.0. The Morgan fingerprint density at radius 1 is 1.06 bits per heavy atom. The first-order valence-electron chi connectivity index (χ1n) is 14.2. The Morgan fingerprint density at radius 3 is 2.67 bits per heavy atom. The number of piperidine rings is 1. The number of nitrogens with zero attached hydrogens (tertiary/aromatic N) is 1. The molecule has 2 bridgehead atoms. The molecule has 8 rings (SSSR count). The highest BCUT2D eigenvalue weighted by atomic mass is 16.5. The van der Waals surface area contributed by atoms with Crippen LogP contribution in [0.3, 0.4) is 0 Å². The van der Waals surface area contributed by atoms with Crippen LogP contribution in [0.4, 0.5) is 0 Å². The van der Waals surface area contributed by atoms with Crippen molar-refractivity contribution in [3.63, 3.8) is 0 Å². The molecule has 4 aliphatic carbocycles. The van der Waals surface area contributed by atoms with E-state index in [9.17, 15) is 5.11 Å². The van der Waals surface area contributed by atoms with Gasteiger partial charge < -0.3 is 19.9 Å². The van der Waals surface area contributed by atoms with Crippen LogP contribution in [-0.2, 0) is 18.4 Å². The number of nitrogens with one attached hydrogen (secondary N) is 1. The molecular weight excluding hydrogens is 448 g/mol. The van der Waals surface area contributed by atoms with E-state index >= 15 is 0 Å². The van der Waals surface area contributed by atoms with Gasteiger partial charge in [0.2, 0.25) is 0 Å². The molecule has 2 heterocycles. The molecule has 0 unspecified atom stereocenters. The molecule has 2 aromatic carbocycles. The van der Waals surface area contributed by atoms with E-state index in [1.54, 1.807) is 7.11 Å². The summed E-state index contributed by atoms with van der Waals surface area (Å²) in [4.78, 5) is 2.66. The van der Waals surface area contributed by atoms with E-state index in [1.165, 1.54) is 42.4 Å². The average Bonchev–Trinajstić information content (AvgIpc) is 3.63. The van der Waals surface area contributed by atoms with E-state index in [1.807, 2.05) is 0 Å². The topological polar surface area (TPSA) is 54.0 Å². The molecule has 3 saturated carbocycles. The maximum atomic E-state index is 12.8. The molecule has 5 heteroatoms. The smallest absolute Gasteiger partial charge is 0.165 e. The quantitative estimate of drug-likeness (QED) is 0.641. The standard InChI is InChI=1S/C31H38N2O3/c1-35-23-10-9-22-17-25-31(34)14-13-29(12-11-24(29)32-18-20-5-3-2-4-6-20)28-30(31,26(22)27(23)36-28)15-16-33(25)19-21-7-8-21/h2-6,9-10,21,24-25,28,32,34H,7-8,11-19H2,1H3/t24-,25+,28+,29+,30+,31-/m1/s1. The van der Waals surface area contributed by atoms with Gasteiger partial charge in [-0.15, -0.1) is 0 Å². The predicted octanol–water partition coefficient (Wildman–Crippen LogP) is 4.20. The number of benzene rings is 2. The van der Waals surface area contributed by atoms with Crippen molar-refractivity contribution in [3.05, 3.63) is 59.2 Å². The summed E-state index contributed by atoms with van der Waals surface area (Å²) in [6, 6.07) is 15.7. The molecule has 4 fully saturated rings. The normalized spacial score (nSPS) is 39.9. The minimum Gasteiger partial charge on any atom is -0.493 e. The van der Waals surface area contributed by atoms with Crippen LogP contribution < -0.4 is 14.8 Å². The van der Waals surface area contributed by atoms with E-state index in [0.29, 0.717) is 6.04 Å². The monoisotopic (exact) mass is 486 g/mol. The SMILES string of the molecule is COc1ccc2c3c1O[C@H]1[C@@]4(CC[C@H]4NCc4ccccc4)CC[C@@]4(O)[C@H](C2)N(CC2CC2)CC[C@]314. The maximum Gasteiger partial charge on any atom is 0.165 e. The van der Waals surface area contributed by atoms with Crippen LogP contribution in [0.15, 0.2) is 42.5 Å². The molecule has 1 saturated heterocycles. The zero-order chi connectivity index (χ0) is 24.1. The molecule has 0 aromatic heterocycles.